The average molecular weight is 286 g/mol. The van der Waals surface area contributed by atoms with Gasteiger partial charge >= 0.3 is 6.18 Å². The molecule has 0 bridgehead atoms. The summed E-state index contributed by atoms with van der Waals surface area (Å²) in [4.78, 5) is 14.7. The Morgan fingerprint density at radius 3 is 2.47 bits per heavy atom. The number of halogens is 4. The van der Waals surface area contributed by atoms with E-state index in [0.717, 1.165) is 12.1 Å². The maximum absolute atomic E-state index is 13.0. The van der Waals surface area contributed by atoms with Gasteiger partial charge in [0.2, 0.25) is 0 Å². The van der Waals surface area contributed by atoms with E-state index < -0.39 is 11.7 Å². The lowest BCUT2D eigenvalue weighted by molar-refractivity contribution is -0.137. The third kappa shape index (κ3) is 2.76. The standard InChI is InChI=1S/C13H7ClF3NO/c14-11-6-10(13(15,16)17)9(5-8(11)7-19)12-3-1-2-4-18-12/h1-7H. The topological polar surface area (TPSA) is 30.0 Å². The summed E-state index contributed by atoms with van der Waals surface area (Å²) in [5, 5.41) is -0.234. The van der Waals surface area contributed by atoms with Crippen LogP contribution in [0.1, 0.15) is 15.9 Å². The van der Waals surface area contributed by atoms with Gasteiger partial charge in [-0.2, -0.15) is 13.2 Å². The van der Waals surface area contributed by atoms with Gasteiger partial charge < -0.3 is 0 Å². The zero-order valence-electron chi connectivity index (χ0n) is 9.41. The number of aromatic nitrogens is 1. The number of carbonyl (C=O) groups excluding carboxylic acids is 1. The lowest BCUT2D eigenvalue weighted by atomic mass is 10.0. The molecule has 0 radical (unpaired) electrons. The third-order valence-electron chi connectivity index (χ3n) is 2.51. The van der Waals surface area contributed by atoms with Crippen LogP contribution in [-0.2, 0) is 6.18 Å². The summed E-state index contributed by atoms with van der Waals surface area (Å²) >= 11 is 5.64. The van der Waals surface area contributed by atoms with Crippen molar-refractivity contribution in [3.63, 3.8) is 0 Å². The minimum atomic E-state index is -4.57. The monoisotopic (exact) mass is 285 g/mol. The molecule has 2 nitrogen and oxygen atoms in total. The van der Waals surface area contributed by atoms with Crippen LogP contribution in [0.5, 0.6) is 0 Å². The van der Waals surface area contributed by atoms with Gasteiger partial charge in [0, 0.05) is 17.3 Å². The minimum absolute atomic E-state index is 0.00433. The van der Waals surface area contributed by atoms with E-state index in [0.29, 0.717) is 6.29 Å². The summed E-state index contributed by atoms with van der Waals surface area (Å²) in [5.41, 5.74) is -0.952. The van der Waals surface area contributed by atoms with Gasteiger partial charge in [0.15, 0.2) is 6.29 Å². The molecule has 1 aromatic heterocycles. The number of nitrogens with zero attached hydrogens (tertiary/aromatic N) is 1. The summed E-state index contributed by atoms with van der Waals surface area (Å²) in [5.74, 6) is 0. The molecule has 0 saturated carbocycles. The smallest absolute Gasteiger partial charge is 0.298 e. The van der Waals surface area contributed by atoms with E-state index in [4.69, 9.17) is 11.6 Å². The van der Waals surface area contributed by atoms with Crippen molar-refractivity contribution < 1.29 is 18.0 Å². The van der Waals surface area contributed by atoms with Crippen molar-refractivity contribution in [1.29, 1.82) is 0 Å². The molecule has 0 amide bonds. The Morgan fingerprint density at radius 2 is 1.95 bits per heavy atom. The van der Waals surface area contributed by atoms with Crippen molar-refractivity contribution >= 4 is 17.9 Å². The van der Waals surface area contributed by atoms with E-state index in [1.54, 1.807) is 12.1 Å². The Bertz CT molecular complexity index is 611. The highest BCUT2D eigenvalue weighted by molar-refractivity contribution is 6.33. The summed E-state index contributed by atoms with van der Waals surface area (Å²) in [6.45, 7) is 0. The Hall–Kier alpha value is -1.88. The fourth-order valence-electron chi connectivity index (χ4n) is 1.65. The van der Waals surface area contributed by atoms with E-state index in [-0.39, 0.29) is 21.8 Å². The second-order valence-electron chi connectivity index (χ2n) is 3.75. The quantitative estimate of drug-likeness (QED) is 0.773. The van der Waals surface area contributed by atoms with Crippen LogP contribution in [-0.4, -0.2) is 11.3 Å². The molecule has 2 rings (SSSR count). The second-order valence-corrected chi connectivity index (χ2v) is 4.16. The molecular weight excluding hydrogens is 279 g/mol. The first-order valence-electron chi connectivity index (χ1n) is 5.21. The summed E-state index contributed by atoms with van der Waals surface area (Å²) < 4.78 is 38.9. The maximum atomic E-state index is 13.0. The highest BCUT2D eigenvalue weighted by atomic mass is 35.5. The van der Waals surface area contributed by atoms with Crippen LogP contribution in [0.2, 0.25) is 5.02 Å². The molecule has 1 aromatic carbocycles. The molecule has 0 N–H and O–H groups in total. The predicted octanol–water partition coefficient (Wildman–Crippen LogP) is 4.23. The van der Waals surface area contributed by atoms with Crippen LogP contribution in [0.25, 0.3) is 11.3 Å². The number of aldehydes is 1. The average Bonchev–Trinajstić information content (AvgIpc) is 2.38. The Kier molecular flexibility index (Phi) is 3.57. The molecule has 0 spiro atoms. The van der Waals surface area contributed by atoms with Gasteiger partial charge in [-0.1, -0.05) is 17.7 Å². The Balaban J connectivity index is 2.73. The molecule has 0 atom stereocenters. The van der Waals surface area contributed by atoms with Gasteiger partial charge in [-0.15, -0.1) is 0 Å². The largest absolute Gasteiger partial charge is 0.417 e. The Labute approximate surface area is 111 Å². The molecule has 0 aliphatic heterocycles. The van der Waals surface area contributed by atoms with Gasteiger partial charge in [0.1, 0.15) is 0 Å². The van der Waals surface area contributed by atoms with Crippen LogP contribution in [0, 0.1) is 0 Å². The number of pyridine rings is 1. The molecule has 0 unspecified atom stereocenters. The second kappa shape index (κ2) is 5.01. The number of benzene rings is 1. The summed E-state index contributed by atoms with van der Waals surface area (Å²) in [6.07, 6.45) is -2.78. The molecular formula is C13H7ClF3NO. The van der Waals surface area contributed by atoms with Gasteiger partial charge in [0.25, 0.3) is 0 Å². The van der Waals surface area contributed by atoms with Gasteiger partial charge in [0.05, 0.1) is 16.3 Å². The molecule has 0 fully saturated rings. The number of alkyl halides is 3. The summed E-state index contributed by atoms with van der Waals surface area (Å²) in [7, 11) is 0. The van der Waals surface area contributed by atoms with Crippen molar-refractivity contribution in [3.05, 3.63) is 52.7 Å². The lowest BCUT2D eigenvalue weighted by Crippen LogP contribution is -2.08. The van der Waals surface area contributed by atoms with E-state index in [2.05, 4.69) is 4.98 Å². The van der Waals surface area contributed by atoms with E-state index in [1.165, 1.54) is 12.3 Å². The molecule has 98 valence electrons. The van der Waals surface area contributed by atoms with E-state index in [9.17, 15) is 18.0 Å². The van der Waals surface area contributed by atoms with Gasteiger partial charge in [-0.3, -0.25) is 9.78 Å². The molecule has 0 saturated heterocycles. The van der Waals surface area contributed by atoms with Crippen LogP contribution in [0.3, 0.4) is 0 Å². The van der Waals surface area contributed by atoms with Crippen molar-refractivity contribution in [2.24, 2.45) is 0 Å². The highest BCUT2D eigenvalue weighted by Crippen LogP contribution is 2.38. The van der Waals surface area contributed by atoms with Crippen molar-refractivity contribution in [2.45, 2.75) is 6.18 Å². The Morgan fingerprint density at radius 1 is 1.21 bits per heavy atom. The maximum Gasteiger partial charge on any atom is 0.417 e. The van der Waals surface area contributed by atoms with Crippen LogP contribution < -0.4 is 0 Å². The number of hydrogen-bond donors (Lipinski definition) is 0. The SMILES string of the molecule is O=Cc1cc(-c2ccccn2)c(C(F)(F)F)cc1Cl. The van der Waals surface area contributed by atoms with Crippen LogP contribution in [0.4, 0.5) is 13.2 Å². The zero-order valence-corrected chi connectivity index (χ0v) is 10.2. The van der Waals surface area contributed by atoms with Crippen molar-refractivity contribution in [2.75, 3.05) is 0 Å². The normalized spacial score (nSPS) is 11.4. The first-order chi connectivity index (χ1) is 8.93. The fraction of sp³-hybridized carbons (Fsp3) is 0.0769. The lowest BCUT2D eigenvalue weighted by Gasteiger charge is -2.14. The van der Waals surface area contributed by atoms with E-state index in [1.807, 2.05) is 0 Å². The molecule has 0 aliphatic rings. The highest BCUT2D eigenvalue weighted by Gasteiger charge is 2.34. The first kappa shape index (κ1) is 13.5. The van der Waals surface area contributed by atoms with Crippen LogP contribution in [0.15, 0.2) is 36.5 Å². The van der Waals surface area contributed by atoms with Crippen LogP contribution >= 0.6 is 11.6 Å². The summed E-state index contributed by atoms with van der Waals surface area (Å²) in [6, 6.07) is 6.44. The third-order valence-corrected chi connectivity index (χ3v) is 2.84. The van der Waals surface area contributed by atoms with Crippen molar-refractivity contribution in [1.82, 2.24) is 4.98 Å². The van der Waals surface area contributed by atoms with Gasteiger partial charge in [-0.25, -0.2) is 0 Å². The zero-order chi connectivity index (χ0) is 14.0. The van der Waals surface area contributed by atoms with E-state index >= 15 is 0 Å². The molecule has 19 heavy (non-hydrogen) atoms. The first-order valence-corrected chi connectivity index (χ1v) is 5.58. The molecule has 2 aromatic rings. The van der Waals surface area contributed by atoms with Gasteiger partial charge in [-0.05, 0) is 24.3 Å². The fourth-order valence-corrected chi connectivity index (χ4v) is 1.86. The van der Waals surface area contributed by atoms with Crippen molar-refractivity contribution in [3.8, 4) is 11.3 Å². The molecule has 1 heterocycles. The molecule has 6 heteroatoms. The minimum Gasteiger partial charge on any atom is -0.298 e. The predicted molar refractivity (Wildman–Crippen MR) is 65.1 cm³/mol. The molecule has 0 aliphatic carbocycles. The number of hydrogen-bond acceptors (Lipinski definition) is 2. The number of rotatable bonds is 2. The number of carbonyl (C=O) groups is 1.